The Morgan fingerprint density at radius 1 is 1.22 bits per heavy atom. The smallest absolute Gasteiger partial charge is 0.238 e. The molecule has 18 heavy (non-hydrogen) atoms. The van der Waals surface area contributed by atoms with E-state index in [1.165, 1.54) is 36.5 Å². The summed E-state index contributed by atoms with van der Waals surface area (Å²) in [6, 6.07) is 6.59. The minimum atomic E-state index is -3.59. The summed E-state index contributed by atoms with van der Waals surface area (Å²) < 4.78 is 22.2. The highest BCUT2D eigenvalue weighted by atomic mass is 32.2. The lowest BCUT2D eigenvalue weighted by Gasteiger charge is -2.22. The van der Waals surface area contributed by atoms with Crippen molar-refractivity contribution in [3.8, 4) is 0 Å². The number of benzene rings is 1. The van der Waals surface area contributed by atoms with E-state index >= 15 is 0 Å². The van der Waals surface area contributed by atoms with Gasteiger partial charge < -0.3 is 5.32 Å². The minimum absolute atomic E-state index is 0.155. The Kier molecular flexibility index (Phi) is 4.53. The molecule has 2 rings (SSSR count). The second-order valence-electron chi connectivity index (χ2n) is 4.51. The SMILES string of the molecule is NS(=O)(=O)c1ccc(NCC2CCSCC2)cc1. The fourth-order valence-electron chi connectivity index (χ4n) is 1.98. The number of anilines is 1. The molecule has 0 radical (unpaired) electrons. The van der Waals surface area contributed by atoms with E-state index in [0.717, 1.165) is 18.2 Å². The van der Waals surface area contributed by atoms with Gasteiger partial charge in [0.25, 0.3) is 0 Å². The first-order valence-corrected chi connectivity index (χ1v) is 8.70. The number of nitrogens with one attached hydrogen (secondary N) is 1. The van der Waals surface area contributed by atoms with Gasteiger partial charge >= 0.3 is 0 Å². The summed E-state index contributed by atoms with van der Waals surface area (Å²) in [6.07, 6.45) is 2.51. The summed E-state index contributed by atoms with van der Waals surface area (Å²) in [6.45, 7) is 0.954. The third-order valence-electron chi connectivity index (χ3n) is 3.12. The summed E-state index contributed by atoms with van der Waals surface area (Å²) in [4.78, 5) is 0.155. The molecule has 4 nitrogen and oxygen atoms in total. The van der Waals surface area contributed by atoms with Crippen molar-refractivity contribution in [2.24, 2.45) is 11.1 Å². The van der Waals surface area contributed by atoms with E-state index in [0.29, 0.717) is 0 Å². The van der Waals surface area contributed by atoms with Gasteiger partial charge in [0, 0.05) is 12.2 Å². The van der Waals surface area contributed by atoms with Crippen LogP contribution in [0.3, 0.4) is 0 Å². The average Bonchev–Trinajstić information content (AvgIpc) is 2.37. The van der Waals surface area contributed by atoms with E-state index in [9.17, 15) is 8.42 Å². The van der Waals surface area contributed by atoms with Crippen molar-refractivity contribution in [1.29, 1.82) is 0 Å². The zero-order valence-corrected chi connectivity index (χ0v) is 11.8. The highest BCUT2D eigenvalue weighted by molar-refractivity contribution is 7.99. The Hall–Kier alpha value is -0.720. The fraction of sp³-hybridized carbons (Fsp3) is 0.500. The molecule has 0 spiro atoms. The molecule has 1 heterocycles. The number of primary sulfonamides is 1. The highest BCUT2D eigenvalue weighted by Crippen LogP contribution is 2.23. The Balaban J connectivity index is 1.90. The monoisotopic (exact) mass is 286 g/mol. The molecule has 0 amide bonds. The maximum atomic E-state index is 11.1. The van der Waals surface area contributed by atoms with E-state index in [2.05, 4.69) is 5.32 Å². The van der Waals surface area contributed by atoms with Crippen LogP contribution in [0, 0.1) is 5.92 Å². The number of hydrogen-bond acceptors (Lipinski definition) is 4. The molecule has 100 valence electrons. The zero-order chi connectivity index (χ0) is 13.0. The predicted molar refractivity (Wildman–Crippen MR) is 76.4 cm³/mol. The number of thioether (sulfide) groups is 1. The third kappa shape index (κ3) is 3.90. The number of rotatable bonds is 4. The molecule has 6 heteroatoms. The molecule has 1 aliphatic heterocycles. The van der Waals surface area contributed by atoms with Crippen molar-refractivity contribution in [2.75, 3.05) is 23.4 Å². The van der Waals surface area contributed by atoms with Gasteiger partial charge in [-0.25, -0.2) is 13.6 Å². The normalized spacial score (nSPS) is 17.6. The van der Waals surface area contributed by atoms with E-state index in [1.54, 1.807) is 12.1 Å². The minimum Gasteiger partial charge on any atom is -0.385 e. The van der Waals surface area contributed by atoms with E-state index < -0.39 is 10.0 Å². The largest absolute Gasteiger partial charge is 0.385 e. The topological polar surface area (TPSA) is 72.2 Å². The lowest BCUT2D eigenvalue weighted by molar-refractivity contribution is 0.516. The van der Waals surface area contributed by atoms with Crippen molar-refractivity contribution < 1.29 is 8.42 Å². The van der Waals surface area contributed by atoms with Crippen molar-refractivity contribution in [2.45, 2.75) is 17.7 Å². The molecule has 0 saturated carbocycles. The Morgan fingerprint density at radius 3 is 2.39 bits per heavy atom. The van der Waals surface area contributed by atoms with Gasteiger partial charge in [0.05, 0.1) is 4.90 Å². The zero-order valence-electron chi connectivity index (χ0n) is 10.1. The molecule has 1 aromatic rings. The van der Waals surface area contributed by atoms with Gasteiger partial charge in [-0.1, -0.05) is 0 Å². The van der Waals surface area contributed by atoms with Crippen LogP contribution >= 0.6 is 11.8 Å². The molecule has 3 N–H and O–H groups in total. The summed E-state index contributed by atoms with van der Waals surface area (Å²) in [5.41, 5.74) is 0.945. The van der Waals surface area contributed by atoms with Crippen LogP contribution in [0.4, 0.5) is 5.69 Å². The molecular formula is C12H18N2O2S2. The maximum absolute atomic E-state index is 11.1. The molecular weight excluding hydrogens is 268 g/mol. The van der Waals surface area contributed by atoms with E-state index in [1.807, 2.05) is 11.8 Å². The summed E-state index contributed by atoms with van der Waals surface area (Å²) in [7, 11) is -3.59. The summed E-state index contributed by atoms with van der Waals surface area (Å²) in [5, 5.41) is 8.40. The van der Waals surface area contributed by atoms with Crippen LogP contribution in [-0.4, -0.2) is 26.5 Å². The molecule has 0 aromatic heterocycles. The molecule has 1 aromatic carbocycles. The Labute approximate surface area is 112 Å². The van der Waals surface area contributed by atoms with Gasteiger partial charge in [0.15, 0.2) is 0 Å². The molecule has 0 atom stereocenters. The number of sulfonamides is 1. The lowest BCUT2D eigenvalue weighted by atomic mass is 10.0. The highest BCUT2D eigenvalue weighted by Gasteiger charge is 2.13. The van der Waals surface area contributed by atoms with E-state index in [-0.39, 0.29) is 4.90 Å². The molecule has 1 fully saturated rings. The summed E-state index contributed by atoms with van der Waals surface area (Å²) >= 11 is 2.02. The second kappa shape index (κ2) is 5.95. The van der Waals surface area contributed by atoms with Gasteiger partial charge in [-0.05, 0) is 54.5 Å². The Bertz CT molecular complexity index is 479. The predicted octanol–water partition coefficient (Wildman–Crippen LogP) is 1.89. The van der Waals surface area contributed by atoms with Crippen molar-refractivity contribution in [3.05, 3.63) is 24.3 Å². The average molecular weight is 286 g/mol. The van der Waals surface area contributed by atoms with Crippen LogP contribution in [0.15, 0.2) is 29.2 Å². The Morgan fingerprint density at radius 2 is 1.83 bits per heavy atom. The van der Waals surface area contributed by atoms with Crippen LogP contribution in [0.5, 0.6) is 0 Å². The quantitative estimate of drug-likeness (QED) is 0.886. The van der Waals surface area contributed by atoms with Gasteiger partial charge in [-0.2, -0.15) is 11.8 Å². The van der Waals surface area contributed by atoms with Crippen molar-refractivity contribution in [1.82, 2.24) is 0 Å². The third-order valence-corrected chi connectivity index (χ3v) is 5.10. The summed E-state index contributed by atoms with van der Waals surface area (Å²) in [5.74, 6) is 3.22. The second-order valence-corrected chi connectivity index (χ2v) is 7.29. The van der Waals surface area contributed by atoms with Crippen LogP contribution in [0.1, 0.15) is 12.8 Å². The molecule has 0 aliphatic carbocycles. The van der Waals surface area contributed by atoms with Crippen molar-refractivity contribution in [3.63, 3.8) is 0 Å². The fourth-order valence-corrected chi connectivity index (χ4v) is 3.69. The molecule has 1 saturated heterocycles. The van der Waals surface area contributed by atoms with E-state index in [4.69, 9.17) is 5.14 Å². The number of nitrogens with two attached hydrogens (primary N) is 1. The van der Waals surface area contributed by atoms with Gasteiger partial charge in [-0.15, -0.1) is 0 Å². The first-order chi connectivity index (χ1) is 8.55. The molecule has 1 aliphatic rings. The lowest BCUT2D eigenvalue weighted by Crippen LogP contribution is -2.19. The van der Waals surface area contributed by atoms with Crippen molar-refractivity contribution >= 4 is 27.5 Å². The van der Waals surface area contributed by atoms with Gasteiger partial charge in [0.1, 0.15) is 0 Å². The first kappa shape index (κ1) is 13.7. The standard InChI is InChI=1S/C12H18N2O2S2/c13-18(15,16)12-3-1-11(2-4-12)14-9-10-5-7-17-8-6-10/h1-4,10,14H,5-9H2,(H2,13,15,16). The van der Waals surface area contributed by atoms with Crippen LogP contribution in [0.25, 0.3) is 0 Å². The molecule has 0 unspecified atom stereocenters. The first-order valence-electron chi connectivity index (χ1n) is 6.00. The van der Waals surface area contributed by atoms with Gasteiger partial charge in [-0.3, -0.25) is 0 Å². The van der Waals surface area contributed by atoms with Crippen LogP contribution in [0.2, 0.25) is 0 Å². The van der Waals surface area contributed by atoms with Gasteiger partial charge in [0.2, 0.25) is 10.0 Å². The van der Waals surface area contributed by atoms with Crippen LogP contribution < -0.4 is 10.5 Å². The maximum Gasteiger partial charge on any atom is 0.238 e. The molecule has 0 bridgehead atoms. The number of hydrogen-bond donors (Lipinski definition) is 2. The van der Waals surface area contributed by atoms with Crippen LogP contribution in [-0.2, 0) is 10.0 Å².